The summed E-state index contributed by atoms with van der Waals surface area (Å²) in [5.74, 6) is 0.0600. The lowest BCUT2D eigenvalue weighted by molar-refractivity contribution is 0.601. The van der Waals surface area contributed by atoms with E-state index in [1.807, 2.05) is 0 Å². The Balaban J connectivity index is 2.29. The Hall–Kier alpha value is -2.35. The molecule has 1 N–H and O–H groups in total. The first-order valence-corrected chi connectivity index (χ1v) is 7.64. The summed E-state index contributed by atoms with van der Waals surface area (Å²) >= 11 is 0. The van der Waals surface area contributed by atoms with E-state index < -0.39 is 10.0 Å². The van der Waals surface area contributed by atoms with Gasteiger partial charge < -0.3 is 0 Å². The molecule has 21 heavy (non-hydrogen) atoms. The molecular weight excluding hydrogens is 290 g/mol. The van der Waals surface area contributed by atoms with Gasteiger partial charge in [-0.1, -0.05) is 0 Å². The molecule has 2 aromatic rings. The van der Waals surface area contributed by atoms with Crippen LogP contribution in [0.2, 0.25) is 0 Å². The molecule has 0 amide bonds. The lowest BCUT2D eigenvalue weighted by atomic mass is 10.3. The van der Waals surface area contributed by atoms with Crippen LogP contribution in [0.25, 0.3) is 0 Å². The highest BCUT2D eigenvalue weighted by molar-refractivity contribution is 7.92. The number of sulfonamides is 1. The molecule has 7 nitrogen and oxygen atoms in total. The maximum absolute atomic E-state index is 12.2. The van der Waals surface area contributed by atoms with Crippen molar-refractivity contribution in [1.29, 1.82) is 0 Å². The van der Waals surface area contributed by atoms with Gasteiger partial charge in [-0.2, -0.15) is 10.2 Å². The highest BCUT2D eigenvalue weighted by atomic mass is 32.2. The number of aromatic nitrogens is 2. The van der Waals surface area contributed by atoms with Crippen LogP contribution in [-0.2, 0) is 10.0 Å². The second kappa shape index (κ2) is 5.96. The van der Waals surface area contributed by atoms with E-state index in [9.17, 15) is 8.42 Å². The van der Waals surface area contributed by atoms with Crippen LogP contribution in [0.3, 0.4) is 0 Å². The fourth-order valence-electron chi connectivity index (χ4n) is 1.76. The topological polar surface area (TPSA) is 96.7 Å². The summed E-state index contributed by atoms with van der Waals surface area (Å²) in [5.41, 5.74) is 1.97. The van der Waals surface area contributed by atoms with Gasteiger partial charge in [0.25, 0.3) is 10.0 Å². The van der Waals surface area contributed by atoms with Crippen molar-refractivity contribution in [3.05, 3.63) is 41.7 Å². The number of hydrogen-bond acceptors (Lipinski definition) is 6. The fraction of sp³-hybridized carbons (Fsp3) is 0.231. The Morgan fingerprint density at radius 3 is 2.14 bits per heavy atom. The van der Waals surface area contributed by atoms with E-state index >= 15 is 0 Å². The molecule has 0 fully saturated rings. The normalized spacial score (nSPS) is 11.8. The van der Waals surface area contributed by atoms with E-state index in [0.717, 1.165) is 0 Å². The lowest BCUT2D eigenvalue weighted by Gasteiger charge is -2.08. The van der Waals surface area contributed by atoms with Crippen molar-refractivity contribution in [2.45, 2.75) is 18.7 Å². The SMILES string of the molecule is CN=Nc1ccc(S(=O)(=O)Nc2nc(C)cc(C)n2)cc1. The van der Waals surface area contributed by atoms with E-state index in [-0.39, 0.29) is 10.8 Å². The van der Waals surface area contributed by atoms with E-state index in [2.05, 4.69) is 24.9 Å². The second-order valence-electron chi connectivity index (χ2n) is 4.37. The molecule has 0 saturated heterocycles. The third-order valence-corrected chi connectivity index (χ3v) is 3.91. The molecule has 110 valence electrons. The molecule has 8 heteroatoms. The van der Waals surface area contributed by atoms with Crippen LogP contribution in [-0.4, -0.2) is 25.4 Å². The molecule has 2 rings (SSSR count). The third-order valence-electron chi connectivity index (χ3n) is 2.57. The van der Waals surface area contributed by atoms with Crippen molar-refractivity contribution in [2.75, 3.05) is 11.8 Å². The second-order valence-corrected chi connectivity index (χ2v) is 6.06. The third kappa shape index (κ3) is 3.82. The van der Waals surface area contributed by atoms with Crippen molar-refractivity contribution in [3.63, 3.8) is 0 Å². The Bertz CT molecular complexity index is 749. The van der Waals surface area contributed by atoms with Gasteiger partial charge in [-0.25, -0.2) is 23.1 Å². The Labute approximate surface area is 123 Å². The molecule has 0 spiro atoms. The Morgan fingerprint density at radius 1 is 1.05 bits per heavy atom. The number of nitrogens with zero attached hydrogens (tertiary/aromatic N) is 4. The molecule has 0 atom stereocenters. The number of azo groups is 1. The lowest BCUT2D eigenvalue weighted by Crippen LogP contribution is -2.15. The minimum atomic E-state index is -3.73. The summed E-state index contributed by atoms with van der Waals surface area (Å²) in [5, 5.41) is 7.45. The standard InChI is InChI=1S/C13H15N5O2S/c1-9-8-10(2)16-13(15-9)18-21(19,20)12-6-4-11(5-7-12)17-14-3/h4-8H,1-3H3,(H,15,16,18). The summed E-state index contributed by atoms with van der Waals surface area (Å²) in [4.78, 5) is 8.22. The van der Waals surface area contributed by atoms with Crippen molar-refractivity contribution in [3.8, 4) is 0 Å². The van der Waals surface area contributed by atoms with Gasteiger partial charge in [0.1, 0.15) is 0 Å². The molecule has 1 aromatic carbocycles. The van der Waals surface area contributed by atoms with Gasteiger partial charge in [0, 0.05) is 18.4 Å². The van der Waals surface area contributed by atoms with Gasteiger partial charge in [0.15, 0.2) is 0 Å². The van der Waals surface area contributed by atoms with Gasteiger partial charge in [-0.15, -0.1) is 0 Å². The van der Waals surface area contributed by atoms with Crippen LogP contribution in [0, 0.1) is 13.8 Å². The monoisotopic (exact) mass is 305 g/mol. The zero-order chi connectivity index (χ0) is 15.5. The largest absolute Gasteiger partial charge is 0.264 e. The number of rotatable bonds is 4. The molecule has 1 aromatic heterocycles. The van der Waals surface area contributed by atoms with Crippen LogP contribution in [0.4, 0.5) is 11.6 Å². The number of aryl methyl sites for hydroxylation is 2. The van der Waals surface area contributed by atoms with E-state index in [1.54, 1.807) is 39.1 Å². The summed E-state index contributed by atoms with van der Waals surface area (Å²) < 4.78 is 26.9. The van der Waals surface area contributed by atoms with Crippen molar-refractivity contribution >= 4 is 21.7 Å². The molecular formula is C13H15N5O2S. The summed E-state index contributed by atoms with van der Waals surface area (Å²) in [6.45, 7) is 3.55. The average molecular weight is 305 g/mol. The van der Waals surface area contributed by atoms with Gasteiger partial charge in [-0.3, -0.25) is 0 Å². The number of hydrogen-bond donors (Lipinski definition) is 1. The first kappa shape index (κ1) is 15.0. The molecule has 1 heterocycles. The maximum Gasteiger partial charge on any atom is 0.264 e. The number of anilines is 1. The zero-order valence-corrected chi connectivity index (χ0v) is 12.7. The molecule has 0 aliphatic rings. The first-order valence-electron chi connectivity index (χ1n) is 6.16. The van der Waals surface area contributed by atoms with Crippen LogP contribution in [0.15, 0.2) is 45.5 Å². The van der Waals surface area contributed by atoms with Gasteiger partial charge >= 0.3 is 0 Å². The smallest absolute Gasteiger partial charge is 0.247 e. The predicted molar refractivity (Wildman–Crippen MR) is 79.2 cm³/mol. The summed E-state index contributed by atoms with van der Waals surface area (Å²) in [6, 6.07) is 7.82. The predicted octanol–water partition coefficient (Wildman–Crippen LogP) is 2.61. The van der Waals surface area contributed by atoms with E-state index in [0.29, 0.717) is 17.1 Å². The van der Waals surface area contributed by atoms with E-state index in [1.165, 1.54) is 12.1 Å². The summed E-state index contributed by atoms with van der Waals surface area (Å²) in [6.07, 6.45) is 0. The van der Waals surface area contributed by atoms with Crippen molar-refractivity contribution < 1.29 is 8.42 Å². The fourth-order valence-corrected chi connectivity index (χ4v) is 2.70. The average Bonchev–Trinajstić information content (AvgIpc) is 2.38. The highest BCUT2D eigenvalue weighted by Crippen LogP contribution is 2.18. The Kier molecular flexibility index (Phi) is 4.27. The molecule has 0 radical (unpaired) electrons. The molecule has 0 saturated carbocycles. The highest BCUT2D eigenvalue weighted by Gasteiger charge is 2.15. The van der Waals surface area contributed by atoms with Crippen molar-refractivity contribution in [2.24, 2.45) is 10.2 Å². The minimum Gasteiger partial charge on any atom is -0.247 e. The molecule has 0 unspecified atom stereocenters. The number of benzene rings is 1. The van der Waals surface area contributed by atoms with Crippen LogP contribution >= 0.6 is 0 Å². The molecule has 0 aliphatic heterocycles. The van der Waals surface area contributed by atoms with Crippen LogP contribution < -0.4 is 4.72 Å². The first-order chi connectivity index (χ1) is 9.90. The van der Waals surface area contributed by atoms with Gasteiger partial charge in [0.05, 0.1) is 10.6 Å². The molecule has 0 bridgehead atoms. The Morgan fingerprint density at radius 2 is 1.62 bits per heavy atom. The van der Waals surface area contributed by atoms with E-state index in [4.69, 9.17) is 0 Å². The van der Waals surface area contributed by atoms with Crippen LogP contribution in [0.5, 0.6) is 0 Å². The van der Waals surface area contributed by atoms with Gasteiger partial charge in [-0.05, 0) is 44.2 Å². The summed E-state index contributed by atoms with van der Waals surface area (Å²) in [7, 11) is -2.18. The zero-order valence-electron chi connectivity index (χ0n) is 11.9. The van der Waals surface area contributed by atoms with Crippen molar-refractivity contribution in [1.82, 2.24) is 9.97 Å². The minimum absolute atomic E-state index is 0.0600. The quantitative estimate of drug-likeness (QED) is 0.878. The molecule has 0 aliphatic carbocycles. The van der Waals surface area contributed by atoms with Gasteiger partial charge in [0.2, 0.25) is 5.95 Å². The van der Waals surface area contributed by atoms with Crippen LogP contribution in [0.1, 0.15) is 11.4 Å². The maximum atomic E-state index is 12.2. The number of nitrogens with one attached hydrogen (secondary N) is 1.